The zero-order chi connectivity index (χ0) is 15.9. The van der Waals surface area contributed by atoms with Crippen molar-refractivity contribution in [2.45, 2.75) is 45.4 Å². The molecular formula is C16H25NO4. The molecule has 0 amide bonds. The van der Waals surface area contributed by atoms with Crippen LogP contribution in [0.2, 0.25) is 0 Å². The summed E-state index contributed by atoms with van der Waals surface area (Å²) in [6, 6.07) is 7.28. The third kappa shape index (κ3) is 5.02. The number of ether oxygens (including phenoxy) is 2. The van der Waals surface area contributed by atoms with E-state index in [1.165, 1.54) is 0 Å². The van der Waals surface area contributed by atoms with E-state index in [4.69, 9.17) is 14.6 Å². The lowest BCUT2D eigenvalue weighted by atomic mass is 9.95. The topological polar surface area (TPSA) is 67.8 Å². The van der Waals surface area contributed by atoms with Gasteiger partial charge in [0.15, 0.2) is 0 Å². The number of hydrogen-bond acceptors (Lipinski definition) is 5. The number of rotatable bonds is 8. The van der Waals surface area contributed by atoms with Gasteiger partial charge in [0.25, 0.3) is 0 Å². The maximum Gasteiger partial charge on any atom is 0.326 e. The van der Waals surface area contributed by atoms with Gasteiger partial charge in [-0.3, -0.25) is 4.79 Å². The Morgan fingerprint density at radius 3 is 2.76 bits per heavy atom. The van der Waals surface area contributed by atoms with Crippen LogP contribution in [-0.4, -0.2) is 36.4 Å². The molecule has 0 fully saturated rings. The van der Waals surface area contributed by atoms with Crippen molar-refractivity contribution < 1.29 is 19.4 Å². The first-order valence-corrected chi connectivity index (χ1v) is 7.17. The van der Waals surface area contributed by atoms with Crippen LogP contribution in [0.1, 0.15) is 32.8 Å². The Kier molecular flexibility index (Phi) is 6.65. The summed E-state index contributed by atoms with van der Waals surface area (Å²) in [6.45, 7) is 5.82. The predicted octanol–water partition coefficient (Wildman–Crippen LogP) is 1.88. The maximum atomic E-state index is 12.0. The minimum absolute atomic E-state index is 0.0252. The van der Waals surface area contributed by atoms with Gasteiger partial charge >= 0.3 is 5.97 Å². The van der Waals surface area contributed by atoms with E-state index in [0.717, 1.165) is 5.56 Å². The second-order valence-corrected chi connectivity index (χ2v) is 5.24. The van der Waals surface area contributed by atoms with E-state index < -0.39 is 5.54 Å². The van der Waals surface area contributed by atoms with Gasteiger partial charge in [-0.15, -0.1) is 0 Å². The molecule has 1 rings (SSSR count). The quantitative estimate of drug-likeness (QED) is 0.717. The van der Waals surface area contributed by atoms with Gasteiger partial charge in [0, 0.05) is 6.42 Å². The highest BCUT2D eigenvalue weighted by Crippen LogP contribution is 2.20. The molecule has 0 spiro atoms. The summed E-state index contributed by atoms with van der Waals surface area (Å²) in [6.07, 6.45) is 0.298. The van der Waals surface area contributed by atoms with Crippen molar-refractivity contribution in [3.05, 3.63) is 29.8 Å². The Bertz CT molecular complexity index is 463. The fraction of sp³-hybridized carbons (Fsp3) is 0.562. The Balaban J connectivity index is 2.69. The zero-order valence-corrected chi connectivity index (χ0v) is 13.2. The highest BCUT2D eigenvalue weighted by molar-refractivity contribution is 5.80. The van der Waals surface area contributed by atoms with E-state index in [0.29, 0.717) is 18.8 Å². The van der Waals surface area contributed by atoms with Gasteiger partial charge < -0.3 is 19.9 Å². The fourth-order valence-electron chi connectivity index (χ4n) is 2.14. The highest BCUT2D eigenvalue weighted by atomic mass is 16.5. The van der Waals surface area contributed by atoms with E-state index in [1.807, 2.05) is 25.1 Å². The first kappa shape index (κ1) is 17.5. The maximum absolute atomic E-state index is 12.0. The molecule has 0 radical (unpaired) electrons. The third-order valence-electron chi connectivity index (χ3n) is 3.39. The van der Waals surface area contributed by atoms with Gasteiger partial charge in [0.05, 0.1) is 19.3 Å². The molecule has 1 aromatic carbocycles. The van der Waals surface area contributed by atoms with Crippen LogP contribution in [0.4, 0.5) is 0 Å². The summed E-state index contributed by atoms with van der Waals surface area (Å²) in [7, 11) is 1.73. The van der Waals surface area contributed by atoms with Crippen LogP contribution in [0.15, 0.2) is 24.3 Å². The van der Waals surface area contributed by atoms with E-state index in [9.17, 15) is 4.79 Å². The molecule has 0 saturated heterocycles. The van der Waals surface area contributed by atoms with Crippen LogP contribution in [0, 0.1) is 0 Å². The van der Waals surface area contributed by atoms with E-state index >= 15 is 0 Å². The number of aliphatic hydroxyl groups excluding tert-OH is 1. The molecule has 2 unspecified atom stereocenters. The van der Waals surface area contributed by atoms with E-state index in [-0.39, 0.29) is 18.7 Å². The summed E-state index contributed by atoms with van der Waals surface area (Å²) in [5.74, 6) is 0.392. The van der Waals surface area contributed by atoms with Crippen molar-refractivity contribution in [2.75, 3.05) is 13.7 Å². The summed E-state index contributed by atoms with van der Waals surface area (Å²) in [4.78, 5) is 12.0. The van der Waals surface area contributed by atoms with E-state index in [1.54, 1.807) is 27.0 Å². The van der Waals surface area contributed by atoms with Crippen molar-refractivity contribution in [1.82, 2.24) is 5.32 Å². The number of esters is 1. The molecule has 2 N–H and O–H groups in total. The molecule has 0 saturated carbocycles. The normalized spacial score (nSPS) is 15.1. The van der Waals surface area contributed by atoms with Gasteiger partial charge in [0.2, 0.25) is 0 Å². The summed E-state index contributed by atoms with van der Waals surface area (Å²) in [5, 5.41) is 12.1. The Hall–Kier alpha value is -1.59. The Morgan fingerprint density at radius 2 is 2.19 bits per heavy atom. The van der Waals surface area contributed by atoms with Crippen LogP contribution in [0.5, 0.6) is 5.75 Å². The minimum atomic E-state index is -0.788. The number of nitrogens with one attached hydrogen (secondary N) is 1. The summed E-state index contributed by atoms with van der Waals surface area (Å²) in [5.41, 5.74) is 0.00535. The molecule has 0 aliphatic carbocycles. The highest BCUT2D eigenvalue weighted by Gasteiger charge is 2.35. The number of carbonyl (C=O) groups is 1. The van der Waals surface area contributed by atoms with Gasteiger partial charge in [-0.1, -0.05) is 12.1 Å². The lowest BCUT2D eigenvalue weighted by Crippen LogP contribution is -2.51. The Labute approximate surface area is 126 Å². The summed E-state index contributed by atoms with van der Waals surface area (Å²) >= 11 is 0. The molecular weight excluding hydrogens is 270 g/mol. The first-order valence-electron chi connectivity index (χ1n) is 7.17. The number of benzene rings is 1. The molecule has 0 aliphatic rings. The molecule has 0 aromatic heterocycles. The van der Waals surface area contributed by atoms with Crippen LogP contribution < -0.4 is 10.1 Å². The smallest absolute Gasteiger partial charge is 0.326 e. The van der Waals surface area contributed by atoms with Crippen molar-refractivity contribution in [1.29, 1.82) is 0 Å². The molecule has 118 valence electrons. The number of hydrogen-bond donors (Lipinski definition) is 2. The largest absolute Gasteiger partial charge is 0.491 e. The SMILES string of the molecule is CCOC(=O)C(C)(CC(C)Oc1cccc(CO)c1)NC. The first-order chi connectivity index (χ1) is 9.95. The molecule has 5 heteroatoms. The zero-order valence-electron chi connectivity index (χ0n) is 13.2. The van der Waals surface area contributed by atoms with Crippen molar-refractivity contribution in [3.8, 4) is 5.75 Å². The number of aliphatic hydroxyl groups is 1. The Morgan fingerprint density at radius 1 is 1.48 bits per heavy atom. The molecule has 0 aliphatic heterocycles. The standard InChI is InChI=1S/C16H25NO4/c1-5-20-15(19)16(3,17-4)10-12(2)21-14-8-6-7-13(9-14)11-18/h6-9,12,17-18H,5,10-11H2,1-4H3. The average molecular weight is 295 g/mol. The average Bonchev–Trinajstić information content (AvgIpc) is 2.47. The number of carbonyl (C=O) groups excluding carboxylic acids is 1. The van der Waals surface area contributed by atoms with E-state index in [2.05, 4.69) is 5.32 Å². The predicted molar refractivity (Wildman–Crippen MR) is 81.2 cm³/mol. The molecule has 21 heavy (non-hydrogen) atoms. The molecule has 1 aromatic rings. The molecule has 0 bridgehead atoms. The molecule has 0 heterocycles. The van der Waals surface area contributed by atoms with Gasteiger partial charge in [-0.05, 0) is 45.5 Å². The summed E-state index contributed by atoms with van der Waals surface area (Å²) < 4.78 is 10.9. The molecule has 5 nitrogen and oxygen atoms in total. The van der Waals surface area contributed by atoms with Crippen molar-refractivity contribution in [2.24, 2.45) is 0 Å². The van der Waals surface area contributed by atoms with Crippen LogP contribution in [0.25, 0.3) is 0 Å². The lowest BCUT2D eigenvalue weighted by Gasteiger charge is -2.29. The van der Waals surface area contributed by atoms with Crippen molar-refractivity contribution in [3.63, 3.8) is 0 Å². The van der Waals surface area contributed by atoms with Gasteiger partial charge in [-0.2, -0.15) is 0 Å². The molecule has 2 atom stereocenters. The monoisotopic (exact) mass is 295 g/mol. The third-order valence-corrected chi connectivity index (χ3v) is 3.39. The fourth-order valence-corrected chi connectivity index (χ4v) is 2.14. The second kappa shape index (κ2) is 8.00. The second-order valence-electron chi connectivity index (χ2n) is 5.24. The van der Waals surface area contributed by atoms with Crippen LogP contribution in [0.3, 0.4) is 0 Å². The lowest BCUT2D eigenvalue weighted by molar-refractivity contribution is -0.151. The number of likely N-dealkylation sites (N-methyl/N-ethyl adjacent to an activating group) is 1. The van der Waals surface area contributed by atoms with Crippen LogP contribution in [-0.2, 0) is 16.1 Å². The minimum Gasteiger partial charge on any atom is -0.491 e. The van der Waals surface area contributed by atoms with Gasteiger partial charge in [-0.25, -0.2) is 0 Å². The van der Waals surface area contributed by atoms with Crippen molar-refractivity contribution >= 4 is 5.97 Å². The van der Waals surface area contributed by atoms with Gasteiger partial charge in [0.1, 0.15) is 11.3 Å². The van der Waals surface area contributed by atoms with Crippen LogP contribution >= 0.6 is 0 Å².